The molecule has 1 aliphatic carbocycles. The lowest BCUT2D eigenvalue weighted by Crippen LogP contribution is -2.25. The van der Waals surface area contributed by atoms with E-state index in [0.29, 0.717) is 19.1 Å². The largest absolute Gasteiger partial charge is 0.441 e. The fourth-order valence-corrected chi connectivity index (χ4v) is 4.15. The molecular formula is C19H27NO6S. The molecule has 1 amide bonds. The first-order chi connectivity index (χ1) is 12.9. The number of methoxy groups -OCH3 is 1. The predicted molar refractivity (Wildman–Crippen MR) is 102 cm³/mol. The number of sulfone groups is 1. The summed E-state index contributed by atoms with van der Waals surface area (Å²) < 4.78 is 38.3. The van der Waals surface area contributed by atoms with Gasteiger partial charge in [-0.3, -0.25) is 4.90 Å². The number of amides is 1. The SMILES string of the molecule is COCC1CN(c2ccc(C3CCC(OCS(C)(=O)=O)CC3)cc2)C(=O)O1. The second-order valence-electron chi connectivity index (χ2n) is 7.35. The van der Waals surface area contributed by atoms with E-state index in [2.05, 4.69) is 12.1 Å². The van der Waals surface area contributed by atoms with Gasteiger partial charge in [0, 0.05) is 19.1 Å². The maximum atomic E-state index is 12.0. The van der Waals surface area contributed by atoms with Crippen LogP contribution in [0.25, 0.3) is 0 Å². The van der Waals surface area contributed by atoms with Crippen LogP contribution in [0.4, 0.5) is 10.5 Å². The molecule has 0 N–H and O–H groups in total. The average Bonchev–Trinajstić information content (AvgIpc) is 3.01. The van der Waals surface area contributed by atoms with Crippen LogP contribution >= 0.6 is 0 Å². The lowest BCUT2D eigenvalue weighted by atomic mass is 9.82. The topological polar surface area (TPSA) is 82.1 Å². The maximum absolute atomic E-state index is 12.0. The monoisotopic (exact) mass is 397 g/mol. The van der Waals surface area contributed by atoms with Crippen molar-refractivity contribution in [2.75, 3.05) is 37.4 Å². The second kappa shape index (κ2) is 8.58. The van der Waals surface area contributed by atoms with Gasteiger partial charge in [0.05, 0.1) is 19.3 Å². The Labute approximate surface area is 160 Å². The zero-order chi connectivity index (χ0) is 19.4. The number of carbonyl (C=O) groups is 1. The summed E-state index contributed by atoms with van der Waals surface area (Å²) in [5.41, 5.74) is 2.06. The number of hydrogen-bond acceptors (Lipinski definition) is 6. The van der Waals surface area contributed by atoms with Crippen LogP contribution < -0.4 is 4.90 Å². The van der Waals surface area contributed by atoms with E-state index in [1.54, 1.807) is 12.0 Å². The Balaban J connectivity index is 1.53. The molecule has 1 saturated carbocycles. The molecule has 27 heavy (non-hydrogen) atoms. The number of ether oxygens (including phenoxy) is 3. The molecule has 3 rings (SSSR count). The van der Waals surface area contributed by atoms with Crippen LogP contribution in [-0.4, -0.2) is 59.2 Å². The summed E-state index contributed by atoms with van der Waals surface area (Å²) in [5.74, 6) is 0.233. The smallest absolute Gasteiger partial charge is 0.414 e. The van der Waals surface area contributed by atoms with Crippen LogP contribution in [0, 0.1) is 0 Å². The van der Waals surface area contributed by atoms with Gasteiger partial charge in [-0.15, -0.1) is 0 Å². The zero-order valence-electron chi connectivity index (χ0n) is 15.8. The van der Waals surface area contributed by atoms with Crippen molar-refractivity contribution in [1.82, 2.24) is 0 Å². The third kappa shape index (κ3) is 5.43. The molecule has 1 unspecified atom stereocenters. The first-order valence-corrected chi connectivity index (χ1v) is 11.3. The van der Waals surface area contributed by atoms with Gasteiger partial charge in [0.1, 0.15) is 12.0 Å². The van der Waals surface area contributed by atoms with Crippen molar-refractivity contribution in [3.05, 3.63) is 29.8 Å². The molecular weight excluding hydrogens is 370 g/mol. The highest BCUT2D eigenvalue weighted by molar-refractivity contribution is 7.90. The van der Waals surface area contributed by atoms with E-state index >= 15 is 0 Å². The number of carbonyl (C=O) groups excluding carboxylic acids is 1. The minimum Gasteiger partial charge on any atom is -0.441 e. The molecule has 7 nitrogen and oxygen atoms in total. The van der Waals surface area contributed by atoms with E-state index in [1.807, 2.05) is 12.1 Å². The Hall–Kier alpha value is -1.64. The van der Waals surface area contributed by atoms with Crippen molar-refractivity contribution >= 4 is 21.6 Å². The molecule has 8 heteroatoms. The predicted octanol–water partition coefficient (Wildman–Crippen LogP) is 2.70. The van der Waals surface area contributed by atoms with E-state index in [9.17, 15) is 13.2 Å². The fourth-order valence-electron chi connectivity index (χ4n) is 3.71. The molecule has 0 aromatic heterocycles. The quantitative estimate of drug-likeness (QED) is 0.704. The van der Waals surface area contributed by atoms with Gasteiger partial charge in [-0.2, -0.15) is 0 Å². The molecule has 2 fully saturated rings. The van der Waals surface area contributed by atoms with Gasteiger partial charge < -0.3 is 14.2 Å². The highest BCUT2D eigenvalue weighted by atomic mass is 32.2. The molecule has 0 radical (unpaired) electrons. The Bertz CT molecular complexity index is 740. The van der Waals surface area contributed by atoms with Crippen LogP contribution in [0.1, 0.15) is 37.2 Å². The summed E-state index contributed by atoms with van der Waals surface area (Å²) in [4.78, 5) is 13.6. The molecule has 1 saturated heterocycles. The van der Waals surface area contributed by atoms with Crippen LogP contribution in [0.3, 0.4) is 0 Å². The Morgan fingerprint density at radius 3 is 2.41 bits per heavy atom. The van der Waals surface area contributed by atoms with Gasteiger partial charge in [-0.25, -0.2) is 13.2 Å². The van der Waals surface area contributed by atoms with Gasteiger partial charge in [0.15, 0.2) is 9.84 Å². The Morgan fingerprint density at radius 1 is 1.15 bits per heavy atom. The van der Waals surface area contributed by atoms with Gasteiger partial charge in [-0.1, -0.05) is 12.1 Å². The fraction of sp³-hybridized carbons (Fsp3) is 0.632. The van der Waals surface area contributed by atoms with Crippen molar-refractivity contribution in [3.8, 4) is 0 Å². The number of nitrogens with zero attached hydrogens (tertiary/aromatic N) is 1. The first kappa shape index (κ1) is 20.1. The third-order valence-electron chi connectivity index (χ3n) is 5.09. The molecule has 1 aromatic rings. The van der Waals surface area contributed by atoms with E-state index in [1.165, 1.54) is 11.8 Å². The van der Waals surface area contributed by atoms with Crippen LogP contribution in [0.15, 0.2) is 24.3 Å². The first-order valence-electron chi connectivity index (χ1n) is 9.22. The normalized spacial score (nSPS) is 26.2. The Morgan fingerprint density at radius 2 is 1.81 bits per heavy atom. The zero-order valence-corrected chi connectivity index (χ0v) is 16.6. The summed E-state index contributed by atoms with van der Waals surface area (Å²) in [6.45, 7) is 0.889. The van der Waals surface area contributed by atoms with E-state index in [4.69, 9.17) is 14.2 Å². The summed E-state index contributed by atoms with van der Waals surface area (Å²) in [5, 5.41) is 0. The van der Waals surface area contributed by atoms with Crippen molar-refractivity contribution in [2.45, 2.75) is 43.8 Å². The maximum Gasteiger partial charge on any atom is 0.414 e. The summed E-state index contributed by atoms with van der Waals surface area (Å²) >= 11 is 0. The molecule has 1 atom stereocenters. The minimum absolute atomic E-state index is 0.0207. The third-order valence-corrected chi connectivity index (χ3v) is 5.66. The number of benzene rings is 1. The van der Waals surface area contributed by atoms with Gasteiger partial charge in [0.2, 0.25) is 0 Å². The molecule has 1 aliphatic heterocycles. The molecule has 2 aliphatic rings. The van der Waals surface area contributed by atoms with E-state index < -0.39 is 9.84 Å². The van der Waals surface area contributed by atoms with Gasteiger partial charge >= 0.3 is 6.09 Å². The van der Waals surface area contributed by atoms with Gasteiger partial charge in [-0.05, 0) is 49.3 Å². The highest BCUT2D eigenvalue weighted by Crippen LogP contribution is 2.35. The number of anilines is 1. The molecule has 1 heterocycles. The molecule has 1 aromatic carbocycles. The average molecular weight is 397 g/mol. The summed E-state index contributed by atoms with van der Waals surface area (Å²) in [6, 6.07) is 8.04. The van der Waals surface area contributed by atoms with E-state index in [0.717, 1.165) is 31.4 Å². The van der Waals surface area contributed by atoms with Crippen LogP contribution in [-0.2, 0) is 24.0 Å². The van der Waals surface area contributed by atoms with Gasteiger partial charge in [0.25, 0.3) is 0 Å². The summed E-state index contributed by atoms with van der Waals surface area (Å²) in [7, 11) is -1.50. The lowest BCUT2D eigenvalue weighted by molar-refractivity contribution is 0.0524. The van der Waals surface area contributed by atoms with Crippen molar-refractivity contribution < 1.29 is 27.4 Å². The molecule has 0 spiro atoms. The summed E-state index contributed by atoms with van der Waals surface area (Å²) in [6.07, 6.45) is 4.29. The molecule has 0 bridgehead atoms. The van der Waals surface area contributed by atoms with Crippen molar-refractivity contribution in [1.29, 1.82) is 0 Å². The van der Waals surface area contributed by atoms with Crippen LogP contribution in [0.5, 0.6) is 0 Å². The number of cyclic esters (lactones) is 1. The highest BCUT2D eigenvalue weighted by Gasteiger charge is 2.32. The van der Waals surface area contributed by atoms with Crippen molar-refractivity contribution in [2.24, 2.45) is 0 Å². The van der Waals surface area contributed by atoms with E-state index in [-0.39, 0.29) is 24.2 Å². The Kier molecular flexibility index (Phi) is 6.39. The number of rotatable bonds is 7. The number of hydrogen-bond donors (Lipinski definition) is 0. The molecule has 150 valence electrons. The standard InChI is InChI=1S/C19H27NO6S/c1-24-12-18-11-20(19(21)26-18)16-7-3-14(4-8-16)15-5-9-17(10-6-15)25-13-27(2,22)23/h3-4,7-8,15,17-18H,5-6,9-13H2,1-2H3. The van der Waals surface area contributed by atoms with Crippen molar-refractivity contribution in [3.63, 3.8) is 0 Å². The lowest BCUT2D eigenvalue weighted by Gasteiger charge is -2.28. The minimum atomic E-state index is -3.09. The van der Waals surface area contributed by atoms with Crippen LogP contribution in [0.2, 0.25) is 0 Å². The second-order valence-corrected chi connectivity index (χ2v) is 9.43.